The van der Waals surface area contributed by atoms with Crippen molar-refractivity contribution in [3.8, 4) is 11.5 Å². The fourth-order valence-electron chi connectivity index (χ4n) is 2.83. The number of hydrogen-bond acceptors (Lipinski definition) is 4. The third-order valence-electron chi connectivity index (χ3n) is 4.24. The number of hydrogen-bond donors (Lipinski definition) is 0. The Balaban J connectivity index is 1.70. The topological polar surface area (TPSA) is 65.3 Å². The van der Waals surface area contributed by atoms with Crippen LogP contribution >= 0.6 is 0 Å². The molecule has 0 N–H and O–H groups in total. The molecule has 6 heteroatoms. The van der Waals surface area contributed by atoms with Crippen LogP contribution in [0.25, 0.3) is 17.0 Å². The summed E-state index contributed by atoms with van der Waals surface area (Å²) in [6.45, 7) is 6.14. The van der Waals surface area contributed by atoms with E-state index in [0.29, 0.717) is 23.7 Å². The van der Waals surface area contributed by atoms with Crippen LogP contribution in [0, 0.1) is 20.8 Å². The molecule has 3 aromatic heterocycles. The fourth-order valence-corrected chi connectivity index (χ4v) is 2.83. The van der Waals surface area contributed by atoms with Crippen LogP contribution in [0.5, 0.6) is 0 Å². The van der Waals surface area contributed by atoms with E-state index in [1.165, 1.54) is 5.56 Å². The van der Waals surface area contributed by atoms with Crippen LogP contribution in [0.3, 0.4) is 0 Å². The second-order valence-electron chi connectivity index (χ2n) is 6.23. The zero-order valence-electron chi connectivity index (χ0n) is 14.4. The van der Waals surface area contributed by atoms with Crippen LogP contribution in [-0.2, 0) is 6.54 Å². The van der Waals surface area contributed by atoms with Gasteiger partial charge in [0.2, 0.25) is 5.89 Å². The summed E-state index contributed by atoms with van der Waals surface area (Å²) in [7, 11) is 0. The number of aryl methyl sites for hydroxylation is 3. The fraction of sp³-hybridized carbons (Fsp3) is 0.211. The maximum Gasteiger partial charge on any atom is 0.276 e. The van der Waals surface area contributed by atoms with Crippen molar-refractivity contribution in [1.29, 1.82) is 0 Å². The van der Waals surface area contributed by atoms with Crippen molar-refractivity contribution in [3.63, 3.8) is 0 Å². The molecule has 0 bridgehead atoms. The summed E-state index contributed by atoms with van der Waals surface area (Å²) < 4.78 is 9.02. The molecule has 0 unspecified atom stereocenters. The molecule has 6 nitrogen and oxygen atoms in total. The van der Waals surface area contributed by atoms with Gasteiger partial charge in [-0.25, -0.2) is 9.50 Å². The minimum Gasteiger partial charge on any atom is -0.441 e. The third kappa shape index (κ3) is 2.76. The third-order valence-corrected chi connectivity index (χ3v) is 4.24. The van der Waals surface area contributed by atoms with Crippen molar-refractivity contribution < 1.29 is 4.42 Å². The summed E-state index contributed by atoms with van der Waals surface area (Å²) in [5.74, 6) is 1.29. The molecule has 0 aliphatic heterocycles. The summed E-state index contributed by atoms with van der Waals surface area (Å²) in [6.07, 6.45) is 3.50. The Morgan fingerprint density at radius 1 is 1.08 bits per heavy atom. The van der Waals surface area contributed by atoms with Gasteiger partial charge in [0.15, 0.2) is 0 Å². The first-order chi connectivity index (χ1) is 12.0. The van der Waals surface area contributed by atoms with Crippen LogP contribution in [0.15, 0.2) is 51.9 Å². The lowest BCUT2D eigenvalue weighted by atomic mass is 10.1. The summed E-state index contributed by atoms with van der Waals surface area (Å²) in [4.78, 5) is 17.2. The average Bonchev–Trinajstić information content (AvgIpc) is 3.14. The number of fused-ring (bicyclic) bond motifs is 1. The predicted octanol–water partition coefficient (Wildman–Crippen LogP) is 3.12. The predicted molar refractivity (Wildman–Crippen MR) is 94.7 cm³/mol. The Morgan fingerprint density at radius 3 is 2.60 bits per heavy atom. The first kappa shape index (κ1) is 15.4. The molecular weight excluding hydrogens is 316 g/mol. The minimum atomic E-state index is -0.0950. The lowest BCUT2D eigenvalue weighted by molar-refractivity contribution is 0.537. The molecule has 0 amide bonds. The van der Waals surface area contributed by atoms with Crippen molar-refractivity contribution >= 4 is 5.52 Å². The standard InChI is InChI=1S/C19H18N4O2/c1-12-4-6-15(7-5-12)18-20-16(14(3)25-18)11-22-8-9-23-17(19(22)24)10-13(2)21-23/h4-10H,11H2,1-3H3. The van der Waals surface area contributed by atoms with Gasteiger partial charge in [0, 0.05) is 18.0 Å². The molecule has 0 atom stereocenters. The Bertz CT molecular complexity index is 1120. The van der Waals surface area contributed by atoms with Gasteiger partial charge in [0.05, 0.1) is 12.2 Å². The van der Waals surface area contributed by atoms with E-state index in [1.807, 2.05) is 45.0 Å². The minimum absolute atomic E-state index is 0.0950. The van der Waals surface area contributed by atoms with E-state index in [0.717, 1.165) is 17.0 Å². The highest BCUT2D eigenvalue weighted by atomic mass is 16.4. The zero-order valence-corrected chi connectivity index (χ0v) is 14.4. The van der Waals surface area contributed by atoms with Crippen molar-refractivity contribution in [2.75, 3.05) is 0 Å². The molecule has 0 aliphatic carbocycles. The van der Waals surface area contributed by atoms with Gasteiger partial charge in [0.25, 0.3) is 5.56 Å². The van der Waals surface area contributed by atoms with Crippen molar-refractivity contribution in [1.82, 2.24) is 19.2 Å². The van der Waals surface area contributed by atoms with E-state index in [1.54, 1.807) is 27.5 Å². The van der Waals surface area contributed by atoms with Crippen molar-refractivity contribution in [2.45, 2.75) is 27.3 Å². The van der Waals surface area contributed by atoms with Gasteiger partial charge >= 0.3 is 0 Å². The summed E-state index contributed by atoms with van der Waals surface area (Å²) >= 11 is 0. The van der Waals surface area contributed by atoms with E-state index < -0.39 is 0 Å². The Hall–Kier alpha value is -3.15. The van der Waals surface area contributed by atoms with E-state index in [2.05, 4.69) is 10.1 Å². The SMILES string of the molecule is Cc1ccc(-c2nc(Cn3ccn4nc(C)cc4c3=O)c(C)o2)cc1. The molecule has 4 rings (SSSR count). The van der Waals surface area contributed by atoms with E-state index >= 15 is 0 Å². The Kier molecular flexibility index (Phi) is 3.53. The van der Waals surface area contributed by atoms with Crippen molar-refractivity contribution in [3.05, 3.63) is 75.8 Å². The quantitative estimate of drug-likeness (QED) is 0.577. The van der Waals surface area contributed by atoms with Gasteiger partial charge in [-0.1, -0.05) is 17.7 Å². The highest BCUT2D eigenvalue weighted by molar-refractivity contribution is 5.54. The zero-order chi connectivity index (χ0) is 17.6. The van der Waals surface area contributed by atoms with Crippen LogP contribution in [0.1, 0.15) is 22.7 Å². The first-order valence-corrected chi connectivity index (χ1v) is 8.10. The van der Waals surface area contributed by atoms with Crippen LogP contribution in [0.4, 0.5) is 0 Å². The van der Waals surface area contributed by atoms with Crippen LogP contribution < -0.4 is 5.56 Å². The molecular formula is C19H18N4O2. The Morgan fingerprint density at radius 2 is 1.84 bits per heavy atom. The summed E-state index contributed by atoms with van der Waals surface area (Å²) in [6, 6.07) is 9.80. The maximum absolute atomic E-state index is 12.6. The highest BCUT2D eigenvalue weighted by Gasteiger charge is 2.13. The summed E-state index contributed by atoms with van der Waals surface area (Å²) in [5, 5.41) is 4.26. The first-order valence-electron chi connectivity index (χ1n) is 8.10. The molecule has 1 aromatic carbocycles. The molecule has 126 valence electrons. The number of nitrogens with zero attached hydrogens (tertiary/aromatic N) is 4. The van der Waals surface area contributed by atoms with Gasteiger partial charge in [0.1, 0.15) is 17.0 Å². The smallest absolute Gasteiger partial charge is 0.276 e. The van der Waals surface area contributed by atoms with Crippen LogP contribution in [0.2, 0.25) is 0 Å². The Labute approximate surface area is 144 Å². The van der Waals surface area contributed by atoms with Gasteiger partial charge in [-0.2, -0.15) is 5.10 Å². The second-order valence-corrected chi connectivity index (χ2v) is 6.23. The molecule has 0 radical (unpaired) electrons. The largest absolute Gasteiger partial charge is 0.441 e. The number of aromatic nitrogens is 4. The second kappa shape index (κ2) is 5.73. The van der Waals surface area contributed by atoms with E-state index in [9.17, 15) is 4.79 Å². The molecule has 0 saturated carbocycles. The normalized spacial score (nSPS) is 11.3. The lowest BCUT2D eigenvalue weighted by Crippen LogP contribution is -2.22. The monoisotopic (exact) mass is 334 g/mol. The summed E-state index contributed by atoms with van der Waals surface area (Å²) in [5.41, 5.74) is 4.13. The molecule has 0 spiro atoms. The van der Waals surface area contributed by atoms with Crippen molar-refractivity contribution in [2.24, 2.45) is 0 Å². The number of oxazole rings is 1. The molecule has 3 heterocycles. The van der Waals surface area contributed by atoms with Gasteiger partial charge in [-0.05, 0) is 39.0 Å². The number of rotatable bonds is 3. The molecule has 25 heavy (non-hydrogen) atoms. The molecule has 0 aliphatic rings. The maximum atomic E-state index is 12.6. The molecule has 0 saturated heterocycles. The average molecular weight is 334 g/mol. The van der Waals surface area contributed by atoms with Gasteiger partial charge < -0.3 is 8.98 Å². The van der Waals surface area contributed by atoms with Crippen LogP contribution in [-0.4, -0.2) is 19.2 Å². The molecule has 4 aromatic rings. The number of benzene rings is 1. The molecule has 0 fully saturated rings. The van der Waals surface area contributed by atoms with Gasteiger partial charge in [-0.3, -0.25) is 4.79 Å². The van der Waals surface area contributed by atoms with Gasteiger partial charge in [-0.15, -0.1) is 0 Å². The van der Waals surface area contributed by atoms with E-state index in [4.69, 9.17) is 4.42 Å². The lowest BCUT2D eigenvalue weighted by Gasteiger charge is -2.04. The highest BCUT2D eigenvalue weighted by Crippen LogP contribution is 2.22. The van der Waals surface area contributed by atoms with E-state index in [-0.39, 0.29) is 5.56 Å².